The smallest absolute Gasteiger partial charge is 0.266 e. The zero-order chi connectivity index (χ0) is 8.77. The summed E-state index contributed by atoms with van der Waals surface area (Å²) in [7, 11) is -3.57. The van der Waals surface area contributed by atoms with Crippen molar-refractivity contribution in [2.24, 2.45) is 0 Å². The predicted octanol–water partition coefficient (Wildman–Crippen LogP) is -0.0811. The van der Waals surface area contributed by atoms with Gasteiger partial charge in [0.25, 0.3) is 15.9 Å². The Morgan fingerprint density at radius 3 is 2.83 bits per heavy atom. The molecule has 0 atom stereocenters. The van der Waals surface area contributed by atoms with E-state index >= 15 is 0 Å². The third-order valence-corrected chi connectivity index (χ3v) is 2.97. The molecule has 0 saturated carbocycles. The summed E-state index contributed by atoms with van der Waals surface area (Å²) in [6.07, 6.45) is 0. The second-order valence-electron chi connectivity index (χ2n) is 2.36. The predicted molar refractivity (Wildman–Crippen MR) is 39.9 cm³/mol. The molecule has 2 rings (SSSR count). The van der Waals surface area contributed by atoms with E-state index in [9.17, 15) is 13.2 Å². The van der Waals surface area contributed by atoms with E-state index in [-0.39, 0.29) is 10.5 Å². The van der Waals surface area contributed by atoms with Crippen LogP contribution in [0, 0.1) is 6.07 Å². The summed E-state index contributed by atoms with van der Waals surface area (Å²) in [5, 5.41) is 0. The van der Waals surface area contributed by atoms with Crippen molar-refractivity contribution < 1.29 is 13.2 Å². The van der Waals surface area contributed by atoms with E-state index in [1.54, 1.807) is 0 Å². The Kier molecular flexibility index (Phi) is 1.26. The molecule has 0 bridgehead atoms. The molecule has 1 radical (unpaired) electrons. The zero-order valence-corrected chi connectivity index (χ0v) is 6.68. The molecule has 0 saturated heterocycles. The fourth-order valence-corrected chi connectivity index (χ4v) is 2.21. The highest BCUT2D eigenvalue weighted by atomic mass is 32.2. The van der Waals surface area contributed by atoms with E-state index in [0.717, 1.165) is 0 Å². The molecule has 61 valence electrons. The van der Waals surface area contributed by atoms with Crippen LogP contribution >= 0.6 is 0 Å². The first-order valence-electron chi connectivity index (χ1n) is 3.18. The molecule has 1 aromatic rings. The van der Waals surface area contributed by atoms with Crippen LogP contribution in [0.4, 0.5) is 0 Å². The summed E-state index contributed by atoms with van der Waals surface area (Å²) >= 11 is 0. The molecule has 4 nitrogen and oxygen atoms in total. The SMILES string of the molecule is O=C1NS(=O)(=O)c2cc[c]cc21. The topological polar surface area (TPSA) is 63.2 Å². The van der Waals surface area contributed by atoms with Crippen molar-refractivity contribution in [1.82, 2.24) is 4.72 Å². The lowest BCUT2D eigenvalue weighted by molar-refractivity contribution is 0.0985. The molecular formula is C7H4NO3S. The molecule has 1 N–H and O–H groups in total. The molecule has 0 fully saturated rings. The molecule has 1 aromatic carbocycles. The Labute approximate surface area is 69.3 Å². The lowest BCUT2D eigenvalue weighted by Gasteiger charge is -1.91. The highest BCUT2D eigenvalue weighted by Gasteiger charge is 2.31. The average Bonchev–Trinajstić information content (AvgIpc) is 2.25. The van der Waals surface area contributed by atoms with Gasteiger partial charge in [-0.2, -0.15) is 0 Å². The molecule has 0 aliphatic carbocycles. The average molecular weight is 182 g/mol. The number of rotatable bonds is 0. The van der Waals surface area contributed by atoms with Gasteiger partial charge in [-0.3, -0.25) is 4.79 Å². The van der Waals surface area contributed by atoms with Crippen molar-refractivity contribution in [2.75, 3.05) is 0 Å². The first kappa shape index (κ1) is 7.30. The van der Waals surface area contributed by atoms with Crippen molar-refractivity contribution in [3.05, 3.63) is 29.8 Å². The lowest BCUT2D eigenvalue weighted by atomic mass is 10.2. The normalized spacial score (nSPS) is 18.5. The second kappa shape index (κ2) is 2.07. The summed E-state index contributed by atoms with van der Waals surface area (Å²) in [6, 6.07) is 6.80. The van der Waals surface area contributed by atoms with E-state index in [1.165, 1.54) is 18.2 Å². The van der Waals surface area contributed by atoms with Crippen LogP contribution in [0.25, 0.3) is 0 Å². The Bertz CT molecular complexity index is 449. The van der Waals surface area contributed by atoms with Crippen LogP contribution in [0.3, 0.4) is 0 Å². The molecule has 12 heavy (non-hydrogen) atoms. The van der Waals surface area contributed by atoms with Gasteiger partial charge in [0.1, 0.15) is 4.90 Å². The van der Waals surface area contributed by atoms with Gasteiger partial charge in [0.05, 0.1) is 5.56 Å². The fraction of sp³-hybridized carbons (Fsp3) is 0. The molecule has 1 aliphatic rings. The number of sulfonamides is 1. The van der Waals surface area contributed by atoms with Gasteiger partial charge in [0.2, 0.25) is 0 Å². The second-order valence-corrected chi connectivity index (χ2v) is 4.01. The quantitative estimate of drug-likeness (QED) is 0.610. The maximum absolute atomic E-state index is 11.1. The van der Waals surface area contributed by atoms with E-state index in [2.05, 4.69) is 6.07 Å². The molecule has 0 aromatic heterocycles. The minimum atomic E-state index is -3.57. The highest BCUT2D eigenvalue weighted by Crippen LogP contribution is 2.20. The number of amides is 1. The number of benzene rings is 1. The third kappa shape index (κ3) is 0.831. The summed E-state index contributed by atoms with van der Waals surface area (Å²) in [4.78, 5) is 11.0. The maximum Gasteiger partial charge on any atom is 0.266 e. The van der Waals surface area contributed by atoms with Gasteiger partial charge in [0.15, 0.2) is 0 Å². The third-order valence-electron chi connectivity index (χ3n) is 1.59. The van der Waals surface area contributed by atoms with Crippen molar-refractivity contribution >= 4 is 15.9 Å². The van der Waals surface area contributed by atoms with Gasteiger partial charge in [0, 0.05) is 0 Å². The molecule has 1 amide bonds. The minimum Gasteiger partial charge on any atom is -0.268 e. The summed E-state index contributed by atoms with van der Waals surface area (Å²) in [5.41, 5.74) is 0.164. The van der Waals surface area contributed by atoms with Crippen molar-refractivity contribution in [3.8, 4) is 0 Å². The lowest BCUT2D eigenvalue weighted by Crippen LogP contribution is -2.20. The monoisotopic (exact) mass is 182 g/mol. The Morgan fingerprint density at radius 1 is 1.42 bits per heavy atom. The number of fused-ring (bicyclic) bond motifs is 1. The standard InChI is InChI=1S/C7H4NO3S/c9-7-5-3-1-2-4-6(5)12(10,11)8-7/h2-4H,(H,8,9). The van der Waals surface area contributed by atoms with Gasteiger partial charge in [-0.05, 0) is 18.2 Å². The first-order chi connectivity index (χ1) is 5.61. The summed E-state index contributed by atoms with van der Waals surface area (Å²) in [5.74, 6) is -0.582. The van der Waals surface area contributed by atoms with E-state index in [0.29, 0.717) is 0 Å². The summed E-state index contributed by atoms with van der Waals surface area (Å²) < 4.78 is 24.1. The van der Waals surface area contributed by atoms with Crippen LogP contribution in [-0.2, 0) is 10.0 Å². The van der Waals surface area contributed by atoms with Crippen LogP contribution < -0.4 is 4.72 Å². The number of carbonyl (C=O) groups excluding carboxylic acids is 1. The van der Waals surface area contributed by atoms with E-state index < -0.39 is 15.9 Å². The van der Waals surface area contributed by atoms with Gasteiger partial charge >= 0.3 is 0 Å². The van der Waals surface area contributed by atoms with Crippen molar-refractivity contribution in [3.63, 3.8) is 0 Å². The van der Waals surface area contributed by atoms with Gasteiger partial charge in [-0.15, -0.1) is 0 Å². The maximum atomic E-state index is 11.1. The molecule has 1 aliphatic heterocycles. The summed E-state index contributed by atoms with van der Waals surface area (Å²) in [6.45, 7) is 0. The van der Waals surface area contributed by atoms with Crippen LogP contribution in [0.1, 0.15) is 10.4 Å². The largest absolute Gasteiger partial charge is 0.268 e. The van der Waals surface area contributed by atoms with E-state index in [4.69, 9.17) is 0 Å². The van der Waals surface area contributed by atoms with Gasteiger partial charge in [-0.25, -0.2) is 13.1 Å². The minimum absolute atomic E-state index is 0.0336. The van der Waals surface area contributed by atoms with E-state index in [1.807, 2.05) is 4.72 Å². The molecule has 5 heteroatoms. The Balaban J connectivity index is 2.83. The number of nitrogens with one attached hydrogen (secondary N) is 1. The Morgan fingerprint density at radius 2 is 2.17 bits per heavy atom. The van der Waals surface area contributed by atoms with Gasteiger partial charge in [-0.1, -0.05) is 6.07 Å². The fourth-order valence-electron chi connectivity index (χ4n) is 1.06. The molecule has 0 spiro atoms. The van der Waals surface area contributed by atoms with Crippen LogP contribution in [0.15, 0.2) is 23.1 Å². The van der Waals surface area contributed by atoms with Crippen molar-refractivity contribution in [2.45, 2.75) is 4.90 Å². The van der Waals surface area contributed by atoms with Gasteiger partial charge < -0.3 is 0 Å². The molecule has 1 heterocycles. The van der Waals surface area contributed by atoms with Crippen LogP contribution in [-0.4, -0.2) is 14.3 Å². The molecular weight excluding hydrogens is 178 g/mol. The first-order valence-corrected chi connectivity index (χ1v) is 4.67. The number of hydrogen-bond donors (Lipinski definition) is 1. The number of hydrogen-bond acceptors (Lipinski definition) is 3. The zero-order valence-electron chi connectivity index (χ0n) is 5.87. The highest BCUT2D eigenvalue weighted by molar-refractivity contribution is 7.90. The molecule has 0 unspecified atom stereocenters. The van der Waals surface area contributed by atoms with Crippen molar-refractivity contribution in [1.29, 1.82) is 0 Å². The van der Waals surface area contributed by atoms with Crippen LogP contribution in [0.5, 0.6) is 0 Å². The number of carbonyl (C=O) groups is 1. The van der Waals surface area contributed by atoms with Crippen LogP contribution in [0.2, 0.25) is 0 Å². The Hall–Kier alpha value is -1.36.